The number of hydrogen-bond donors (Lipinski definition) is 1. The molecular formula is C14H18BrNO2. The first kappa shape index (κ1) is 13.6. The van der Waals surface area contributed by atoms with E-state index in [-0.39, 0.29) is 12.0 Å². The summed E-state index contributed by atoms with van der Waals surface area (Å²) in [6.07, 6.45) is 1.95. The van der Waals surface area contributed by atoms with Crippen LogP contribution in [-0.2, 0) is 11.2 Å². The van der Waals surface area contributed by atoms with Gasteiger partial charge in [0.1, 0.15) is 0 Å². The molecule has 0 saturated heterocycles. The number of amides is 1. The van der Waals surface area contributed by atoms with Crippen molar-refractivity contribution in [3.8, 4) is 0 Å². The van der Waals surface area contributed by atoms with Crippen LogP contribution in [0.15, 0.2) is 28.7 Å². The first-order chi connectivity index (χ1) is 8.54. The van der Waals surface area contributed by atoms with Gasteiger partial charge in [0.05, 0.1) is 12.5 Å². The van der Waals surface area contributed by atoms with E-state index in [4.69, 9.17) is 0 Å². The molecule has 1 aliphatic rings. The van der Waals surface area contributed by atoms with Crippen LogP contribution in [0.25, 0.3) is 0 Å². The smallest absolute Gasteiger partial charge is 0.226 e. The van der Waals surface area contributed by atoms with E-state index < -0.39 is 0 Å². The van der Waals surface area contributed by atoms with Gasteiger partial charge in [0.2, 0.25) is 5.91 Å². The molecule has 0 aromatic heterocycles. The molecule has 1 aromatic carbocycles. The van der Waals surface area contributed by atoms with Gasteiger partial charge in [-0.3, -0.25) is 4.79 Å². The number of halogens is 1. The summed E-state index contributed by atoms with van der Waals surface area (Å²) >= 11 is 3.38. The van der Waals surface area contributed by atoms with Crippen LogP contribution >= 0.6 is 15.9 Å². The predicted octanol–water partition coefficient (Wildman–Crippen LogP) is 2.22. The molecule has 2 rings (SSSR count). The van der Waals surface area contributed by atoms with Crippen LogP contribution in [0.2, 0.25) is 0 Å². The second kappa shape index (κ2) is 5.85. The molecule has 1 aliphatic carbocycles. The van der Waals surface area contributed by atoms with Gasteiger partial charge in [-0.05, 0) is 36.5 Å². The Morgan fingerprint density at radius 2 is 2.00 bits per heavy atom. The van der Waals surface area contributed by atoms with E-state index in [2.05, 4.69) is 15.9 Å². The van der Waals surface area contributed by atoms with Gasteiger partial charge in [-0.15, -0.1) is 0 Å². The van der Waals surface area contributed by atoms with Gasteiger partial charge in [0.15, 0.2) is 0 Å². The van der Waals surface area contributed by atoms with Crippen LogP contribution in [0.5, 0.6) is 0 Å². The van der Waals surface area contributed by atoms with Crippen molar-refractivity contribution in [3.63, 3.8) is 0 Å². The number of benzene rings is 1. The minimum Gasteiger partial charge on any atom is -0.393 e. The van der Waals surface area contributed by atoms with Gasteiger partial charge in [0, 0.05) is 18.1 Å². The molecule has 0 bridgehead atoms. The maximum atomic E-state index is 12.0. The molecule has 4 heteroatoms. The van der Waals surface area contributed by atoms with Crippen molar-refractivity contribution in [1.29, 1.82) is 0 Å². The molecule has 1 N–H and O–H groups in total. The van der Waals surface area contributed by atoms with Crippen LogP contribution in [0.4, 0.5) is 0 Å². The Morgan fingerprint density at radius 3 is 2.56 bits per heavy atom. The zero-order valence-electron chi connectivity index (χ0n) is 10.5. The van der Waals surface area contributed by atoms with Crippen molar-refractivity contribution < 1.29 is 9.90 Å². The number of carbonyl (C=O) groups is 1. The van der Waals surface area contributed by atoms with Gasteiger partial charge in [0.25, 0.3) is 0 Å². The topological polar surface area (TPSA) is 40.5 Å². The molecule has 1 saturated carbocycles. The lowest BCUT2D eigenvalue weighted by Crippen LogP contribution is -2.40. The van der Waals surface area contributed by atoms with Crippen molar-refractivity contribution in [2.24, 2.45) is 5.92 Å². The van der Waals surface area contributed by atoms with E-state index in [9.17, 15) is 9.90 Å². The fraction of sp³-hybridized carbons (Fsp3) is 0.500. The average Bonchev–Trinajstić information content (AvgIpc) is 2.30. The average molecular weight is 312 g/mol. The number of rotatable bonds is 4. The number of hydrogen-bond acceptors (Lipinski definition) is 2. The number of aliphatic hydroxyl groups excluding tert-OH is 1. The minimum absolute atomic E-state index is 0.138. The molecule has 0 atom stereocenters. The molecule has 1 fully saturated rings. The highest BCUT2D eigenvalue weighted by Crippen LogP contribution is 2.27. The molecule has 98 valence electrons. The van der Waals surface area contributed by atoms with Crippen LogP contribution in [0.1, 0.15) is 18.4 Å². The normalized spacial score (nSPS) is 22.4. The van der Waals surface area contributed by atoms with E-state index >= 15 is 0 Å². The number of aliphatic hydroxyl groups is 1. The van der Waals surface area contributed by atoms with Crippen LogP contribution in [-0.4, -0.2) is 35.6 Å². The predicted molar refractivity (Wildman–Crippen MR) is 74.2 cm³/mol. The van der Waals surface area contributed by atoms with E-state index in [1.807, 2.05) is 31.3 Å². The molecule has 0 radical (unpaired) electrons. The maximum absolute atomic E-state index is 12.0. The largest absolute Gasteiger partial charge is 0.393 e. The molecule has 0 unspecified atom stereocenters. The molecule has 0 spiro atoms. The zero-order chi connectivity index (χ0) is 13.1. The van der Waals surface area contributed by atoms with Crippen molar-refractivity contribution in [3.05, 3.63) is 34.3 Å². The second-order valence-corrected chi connectivity index (χ2v) is 5.98. The summed E-state index contributed by atoms with van der Waals surface area (Å²) in [4.78, 5) is 13.8. The molecule has 0 heterocycles. The van der Waals surface area contributed by atoms with E-state index in [1.54, 1.807) is 4.90 Å². The molecular weight excluding hydrogens is 294 g/mol. The Labute approximate surface area is 116 Å². The highest BCUT2D eigenvalue weighted by atomic mass is 79.9. The first-order valence-corrected chi connectivity index (χ1v) is 7.00. The monoisotopic (exact) mass is 311 g/mol. The summed E-state index contributed by atoms with van der Waals surface area (Å²) in [5.41, 5.74) is 1.03. The van der Waals surface area contributed by atoms with Gasteiger partial charge >= 0.3 is 0 Å². The Balaban J connectivity index is 1.81. The fourth-order valence-corrected chi connectivity index (χ4v) is 2.51. The third-order valence-electron chi connectivity index (χ3n) is 3.44. The van der Waals surface area contributed by atoms with Crippen LogP contribution < -0.4 is 0 Å². The molecule has 1 amide bonds. The van der Waals surface area contributed by atoms with E-state index in [0.29, 0.717) is 12.3 Å². The third kappa shape index (κ3) is 3.56. The third-order valence-corrected chi connectivity index (χ3v) is 3.97. The lowest BCUT2D eigenvalue weighted by atomic mass is 9.82. The molecule has 3 nitrogen and oxygen atoms in total. The van der Waals surface area contributed by atoms with Gasteiger partial charge < -0.3 is 10.0 Å². The first-order valence-electron chi connectivity index (χ1n) is 6.21. The Hall–Kier alpha value is -0.870. The summed E-state index contributed by atoms with van der Waals surface area (Å²) in [5, 5.41) is 9.22. The summed E-state index contributed by atoms with van der Waals surface area (Å²) in [7, 11) is 1.84. The number of nitrogens with zero attached hydrogens (tertiary/aromatic N) is 1. The molecule has 18 heavy (non-hydrogen) atoms. The fourth-order valence-electron chi connectivity index (χ4n) is 2.25. The van der Waals surface area contributed by atoms with Gasteiger partial charge in [-0.1, -0.05) is 28.1 Å². The van der Waals surface area contributed by atoms with Gasteiger partial charge in [-0.2, -0.15) is 0 Å². The quantitative estimate of drug-likeness (QED) is 0.926. The Kier molecular flexibility index (Phi) is 4.40. The highest BCUT2D eigenvalue weighted by Gasteiger charge is 2.28. The van der Waals surface area contributed by atoms with E-state index in [0.717, 1.165) is 29.4 Å². The van der Waals surface area contributed by atoms with Crippen LogP contribution in [0.3, 0.4) is 0 Å². The maximum Gasteiger partial charge on any atom is 0.226 e. The standard InChI is InChI=1S/C14H18BrNO2/c1-16(9-11-6-13(17)7-11)14(18)8-10-2-4-12(15)5-3-10/h2-5,11,13,17H,6-9H2,1H3. The van der Waals surface area contributed by atoms with Crippen molar-refractivity contribution >= 4 is 21.8 Å². The molecule has 0 aliphatic heterocycles. The zero-order valence-corrected chi connectivity index (χ0v) is 12.1. The van der Waals surface area contributed by atoms with Crippen molar-refractivity contribution in [2.75, 3.05) is 13.6 Å². The van der Waals surface area contributed by atoms with Crippen molar-refractivity contribution in [2.45, 2.75) is 25.4 Å². The van der Waals surface area contributed by atoms with Crippen LogP contribution in [0, 0.1) is 5.92 Å². The van der Waals surface area contributed by atoms with Gasteiger partial charge in [-0.25, -0.2) is 0 Å². The number of likely N-dealkylation sites (N-methyl/N-ethyl adjacent to an activating group) is 1. The lowest BCUT2D eigenvalue weighted by molar-refractivity contribution is -0.130. The summed E-state index contributed by atoms with van der Waals surface area (Å²) in [6, 6.07) is 7.82. The summed E-state index contributed by atoms with van der Waals surface area (Å²) in [5.74, 6) is 0.609. The SMILES string of the molecule is CN(CC1CC(O)C1)C(=O)Cc1ccc(Br)cc1. The Morgan fingerprint density at radius 1 is 1.39 bits per heavy atom. The lowest BCUT2D eigenvalue weighted by Gasteiger charge is -2.34. The second-order valence-electron chi connectivity index (χ2n) is 5.07. The van der Waals surface area contributed by atoms with Crippen molar-refractivity contribution in [1.82, 2.24) is 4.90 Å². The minimum atomic E-state index is -0.148. The Bertz CT molecular complexity index is 412. The van der Waals surface area contributed by atoms with E-state index in [1.165, 1.54) is 0 Å². The number of carbonyl (C=O) groups excluding carboxylic acids is 1. The highest BCUT2D eigenvalue weighted by molar-refractivity contribution is 9.10. The molecule has 1 aromatic rings. The summed E-state index contributed by atoms with van der Waals surface area (Å²) in [6.45, 7) is 0.756. The summed E-state index contributed by atoms with van der Waals surface area (Å²) < 4.78 is 1.02.